The van der Waals surface area contributed by atoms with Gasteiger partial charge in [-0.3, -0.25) is 4.79 Å². The van der Waals surface area contributed by atoms with Gasteiger partial charge < -0.3 is 4.52 Å². The monoisotopic (exact) mass is 298 g/mol. The lowest BCUT2D eigenvalue weighted by Gasteiger charge is -2.01. The smallest absolute Gasteiger partial charge is 0.329 e. The van der Waals surface area contributed by atoms with Crippen molar-refractivity contribution in [1.29, 1.82) is 0 Å². The lowest BCUT2D eigenvalue weighted by Crippen LogP contribution is -2.04. The molecule has 2 rings (SSSR count). The van der Waals surface area contributed by atoms with E-state index in [-0.39, 0.29) is 11.6 Å². The molecule has 0 unspecified atom stereocenters. The van der Waals surface area contributed by atoms with Crippen molar-refractivity contribution < 1.29 is 22.5 Å². The summed E-state index contributed by atoms with van der Waals surface area (Å²) in [5, 5.41) is 3.30. The fraction of sp³-hybridized carbons (Fsp3) is 0.357. The molecule has 0 amide bonds. The highest BCUT2D eigenvalue weighted by atomic mass is 19.4. The number of ketones is 1. The van der Waals surface area contributed by atoms with Crippen molar-refractivity contribution in [2.24, 2.45) is 0 Å². The molecule has 0 atom stereocenters. The van der Waals surface area contributed by atoms with Crippen LogP contribution in [0.1, 0.15) is 31.2 Å². The minimum Gasteiger partial charge on any atom is -0.329 e. The molecule has 0 saturated heterocycles. The third kappa shape index (κ3) is 3.90. The zero-order chi connectivity index (χ0) is 15.5. The molecule has 7 heteroatoms. The van der Waals surface area contributed by atoms with Gasteiger partial charge in [0.25, 0.3) is 0 Å². The molecule has 21 heavy (non-hydrogen) atoms. The van der Waals surface area contributed by atoms with Crippen LogP contribution in [0.25, 0.3) is 11.4 Å². The highest BCUT2D eigenvalue weighted by Crippen LogP contribution is 2.29. The average Bonchev–Trinajstić information content (AvgIpc) is 2.89. The summed E-state index contributed by atoms with van der Waals surface area (Å²) in [7, 11) is 0. The molecule has 0 spiro atoms. The average molecular weight is 298 g/mol. The number of carbonyl (C=O) groups excluding carboxylic acids is 1. The summed E-state index contributed by atoms with van der Waals surface area (Å²) in [6, 6.07) is 6.48. The molecule has 2 aromatic rings. The van der Waals surface area contributed by atoms with Gasteiger partial charge in [0.05, 0.1) is 0 Å². The van der Waals surface area contributed by atoms with Gasteiger partial charge in [0.15, 0.2) is 0 Å². The van der Waals surface area contributed by atoms with Gasteiger partial charge in [-0.25, -0.2) is 0 Å². The molecule has 0 radical (unpaired) electrons. The zero-order valence-corrected chi connectivity index (χ0v) is 11.3. The Morgan fingerprint density at radius 3 is 2.43 bits per heavy atom. The number of carbonyl (C=O) groups is 1. The topological polar surface area (TPSA) is 56.0 Å². The van der Waals surface area contributed by atoms with E-state index in [9.17, 15) is 18.0 Å². The van der Waals surface area contributed by atoms with Gasteiger partial charge in [0.1, 0.15) is 5.78 Å². The second kappa shape index (κ2) is 6.07. The summed E-state index contributed by atoms with van der Waals surface area (Å²) in [6.07, 6.45) is -3.03. The number of alkyl halides is 3. The Kier molecular flexibility index (Phi) is 4.40. The van der Waals surface area contributed by atoms with Crippen molar-refractivity contribution in [3.05, 3.63) is 35.7 Å². The maximum absolute atomic E-state index is 12.4. The summed E-state index contributed by atoms with van der Waals surface area (Å²) in [6.45, 7) is 1.93. The predicted octanol–water partition coefficient (Wildman–Crippen LogP) is 3.67. The Labute approximate surface area is 119 Å². The lowest BCUT2D eigenvalue weighted by molar-refractivity contribution is -0.159. The van der Waals surface area contributed by atoms with Crippen molar-refractivity contribution in [1.82, 2.24) is 10.1 Å². The number of hydrogen-bond donors (Lipinski definition) is 0. The van der Waals surface area contributed by atoms with Crippen LogP contribution in [0.15, 0.2) is 28.8 Å². The summed E-state index contributed by atoms with van der Waals surface area (Å²) >= 11 is 0. The van der Waals surface area contributed by atoms with E-state index in [4.69, 9.17) is 0 Å². The first kappa shape index (κ1) is 15.2. The first-order valence-electron chi connectivity index (χ1n) is 6.42. The first-order chi connectivity index (χ1) is 9.90. The van der Waals surface area contributed by atoms with E-state index in [1.807, 2.05) is 6.92 Å². The third-order valence-corrected chi connectivity index (χ3v) is 2.81. The van der Waals surface area contributed by atoms with Crippen LogP contribution in [0.5, 0.6) is 0 Å². The number of aromatic nitrogens is 2. The molecule has 0 bridgehead atoms. The highest BCUT2D eigenvalue weighted by Gasteiger charge is 2.38. The zero-order valence-electron chi connectivity index (χ0n) is 11.3. The lowest BCUT2D eigenvalue weighted by atomic mass is 10.0. The van der Waals surface area contributed by atoms with Gasteiger partial charge in [-0.05, 0) is 12.0 Å². The van der Waals surface area contributed by atoms with Crippen LogP contribution < -0.4 is 0 Å². The Hall–Kier alpha value is -2.18. The van der Waals surface area contributed by atoms with Gasteiger partial charge in [0, 0.05) is 18.4 Å². The van der Waals surface area contributed by atoms with Gasteiger partial charge in [-0.15, -0.1) is 0 Å². The van der Waals surface area contributed by atoms with Crippen molar-refractivity contribution in [2.75, 3.05) is 0 Å². The van der Waals surface area contributed by atoms with Crippen molar-refractivity contribution in [3.63, 3.8) is 0 Å². The standard InChI is InChI=1S/C14H13F3N2O2/c1-2-3-11(20)8-9-4-6-10(7-5-9)12-18-13(21-19-12)14(15,16)17/h4-7H,2-3,8H2,1H3. The van der Waals surface area contributed by atoms with Gasteiger partial charge in [-0.1, -0.05) is 36.3 Å². The molecule has 4 nitrogen and oxygen atoms in total. The maximum Gasteiger partial charge on any atom is 0.471 e. The number of benzene rings is 1. The molecule has 0 fully saturated rings. The Balaban J connectivity index is 2.12. The Bertz CT molecular complexity index is 618. The van der Waals surface area contributed by atoms with Crippen LogP contribution in [0.4, 0.5) is 13.2 Å². The van der Waals surface area contributed by atoms with E-state index >= 15 is 0 Å². The van der Waals surface area contributed by atoms with Crippen molar-refractivity contribution in [3.8, 4) is 11.4 Å². The van der Waals surface area contributed by atoms with Crippen LogP contribution >= 0.6 is 0 Å². The largest absolute Gasteiger partial charge is 0.471 e. The molecule has 0 aliphatic carbocycles. The molecule has 0 saturated carbocycles. The third-order valence-electron chi connectivity index (χ3n) is 2.81. The second-order valence-corrected chi connectivity index (χ2v) is 4.58. The quantitative estimate of drug-likeness (QED) is 0.845. The van der Waals surface area contributed by atoms with Gasteiger partial charge in [0.2, 0.25) is 5.82 Å². The SMILES string of the molecule is CCCC(=O)Cc1ccc(-c2noc(C(F)(F)F)n2)cc1. The van der Waals surface area contributed by atoms with E-state index in [1.165, 1.54) is 0 Å². The maximum atomic E-state index is 12.4. The molecular weight excluding hydrogens is 285 g/mol. The van der Waals surface area contributed by atoms with E-state index in [0.717, 1.165) is 12.0 Å². The minimum absolute atomic E-state index is 0.129. The summed E-state index contributed by atoms with van der Waals surface area (Å²) in [5.74, 6) is -1.38. The Morgan fingerprint density at radius 2 is 1.90 bits per heavy atom. The molecule has 1 aromatic heterocycles. The molecule has 1 aromatic carbocycles. The molecule has 0 N–H and O–H groups in total. The van der Waals surface area contributed by atoms with Crippen LogP contribution in [-0.2, 0) is 17.4 Å². The van der Waals surface area contributed by atoms with Gasteiger partial charge in [-0.2, -0.15) is 18.2 Å². The number of halogens is 3. The van der Waals surface area contributed by atoms with E-state index in [0.29, 0.717) is 18.4 Å². The highest BCUT2D eigenvalue weighted by molar-refractivity contribution is 5.80. The van der Waals surface area contributed by atoms with Crippen LogP contribution in [-0.4, -0.2) is 15.9 Å². The van der Waals surface area contributed by atoms with Gasteiger partial charge >= 0.3 is 12.1 Å². The molecule has 0 aliphatic heterocycles. The second-order valence-electron chi connectivity index (χ2n) is 4.58. The predicted molar refractivity (Wildman–Crippen MR) is 68.4 cm³/mol. The molecule has 1 heterocycles. The van der Waals surface area contributed by atoms with E-state index in [1.54, 1.807) is 24.3 Å². The van der Waals surface area contributed by atoms with Crippen LogP contribution in [0, 0.1) is 0 Å². The first-order valence-corrected chi connectivity index (χ1v) is 6.42. The van der Waals surface area contributed by atoms with E-state index < -0.39 is 12.1 Å². The van der Waals surface area contributed by atoms with Crippen molar-refractivity contribution in [2.45, 2.75) is 32.4 Å². The Morgan fingerprint density at radius 1 is 1.24 bits per heavy atom. The molecule has 112 valence electrons. The number of hydrogen-bond acceptors (Lipinski definition) is 4. The fourth-order valence-corrected chi connectivity index (χ4v) is 1.82. The molecule has 0 aliphatic rings. The van der Waals surface area contributed by atoms with E-state index in [2.05, 4.69) is 14.7 Å². The van der Waals surface area contributed by atoms with Crippen LogP contribution in [0.2, 0.25) is 0 Å². The number of rotatable bonds is 5. The summed E-state index contributed by atoms with van der Waals surface area (Å²) in [4.78, 5) is 14.8. The van der Waals surface area contributed by atoms with Crippen LogP contribution in [0.3, 0.4) is 0 Å². The number of Topliss-reactive ketones (excluding diaryl/α,β-unsaturated/α-hetero) is 1. The fourth-order valence-electron chi connectivity index (χ4n) is 1.82. The normalized spacial score (nSPS) is 11.6. The molecular formula is C14H13F3N2O2. The minimum atomic E-state index is -4.65. The number of nitrogens with zero attached hydrogens (tertiary/aromatic N) is 2. The summed E-state index contributed by atoms with van der Waals surface area (Å²) < 4.78 is 41.3. The summed E-state index contributed by atoms with van der Waals surface area (Å²) in [5.41, 5.74) is 1.21. The van der Waals surface area contributed by atoms with Crippen molar-refractivity contribution >= 4 is 5.78 Å².